The van der Waals surface area contributed by atoms with E-state index in [0.29, 0.717) is 5.69 Å². The first kappa shape index (κ1) is 25.9. The first-order chi connectivity index (χ1) is 17.1. The minimum absolute atomic E-state index is 0.0740. The zero-order valence-corrected chi connectivity index (χ0v) is 22.1. The molecular formula is C27H45N7O. The van der Waals surface area contributed by atoms with Gasteiger partial charge in [-0.2, -0.15) is 5.10 Å². The summed E-state index contributed by atoms with van der Waals surface area (Å²) in [6.07, 6.45) is 9.54. The van der Waals surface area contributed by atoms with Crippen LogP contribution < -0.4 is 10.2 Å². The molecule has 2 aromatic rings. The molecule has 0 spiro atoms. The highest BCUT2D eigenvalue weighted by Gasteiger charge is 2.24. The Morgan fingerprint density at radius 1 is 1.06 bits per heavy atom. The van der Waals surface area contributed by atoms with Gasteiger partial charge >= 0.3 is 0 Å². The van der Waals surface area contributed by atoms with Crippen molar-refractivity contribution < 1.29 is 4.79 Å². The Morgan fingerprint density at radius 3 is 2.49 bits per heavy atom. The van der Waals surface area contributed by atoms with Gasteiger partial charge in [0, 0.05) is 52.4 Å². The van der Waals surface area contributed by atoms with Gasteiger partial charge in [-0.15, -0.1) is 0 Å². The van der Waals surface area contributed by atoms with Gasteiger partial charge in [0.2, 0.25) is 0 Å². The minimum atomic E-state index is -0.0740. The number of likely N-dealkylation sites (tertiary alicyclic amines) is 1. The number of nitrogens with one attached hydrogen (secondary N) is 1. The summed E-state index contributed by atoms with van der Waals surface area (Å²) < 4.78 is 1.76. The van der Waals surface area contributed by atoms with Crippen LogP contribution in [0, 0.1) is 0 Å². The van der Waals surface area contributed by atoms with E-state index in [4.69, 9.17) is 4.98 Å². The Labute approximate surface area is 211 Å². The second-order valence-corrected chi connectivity index (χ2v) is 10.3. The lowest BCUT2D eigenvalue weighted by Crippen LogP contribution is -2.46. The Hall–Kier alpha value is -2.19. The molecule has 0 aliphatic carbocycles. The van der Waals surface area contributed by atoms with Crippen LogP contribution in [0.2, 0.25) is 0 Å². The molecule has 2 saturated heterocycles. The van der Waals surface area contributed by atoms with Crippen molar-refractivity contribution in [2.45, 2.75) is 71.3 Å². The lowest BCUT2D eigenvalue weighted by molar-refractivity contribution is 0.0902. The second-order valence-electron chi connectivity index (χ2n) is 10.3. The molecule has 2 fully saturated rings. The topological polar surface area (TPSA) is 69.5 Å². The van der Waals surface area contributed by atoms with E-state index in [1.165, 1.54) is 45.1 Å². The Morgan fingerprint density at radius 2 is 1.80 bits per heavy atom. The zero-order valence-electron chi connectivity index (χ0n) is 22.1. The number of amides is 1. The number of aromatic nitrogens is 3. The van der Waals surface area contributed by atoms with E-state index in [1.54, 1.807) is 4.68 Å². The van der Waals surface area contributed by atoms with Crippen LogP contribution in [0.4, 0.5) is 5.82 Å². The maximum atomic E-state index is 13.2. The van der Waals surface area contributed by atoms with E-state index in [2.05, 4.69) is 45.0 Å². The number of unbranched alkanes of at least 4 members (excludes halogenated alkanes) is 1. The van der Waals surface area contributed by atoms with Crippen molar-refractivity contribution in [3.8, 4) is 0 Å². The summed E-state index contributed by atoms with van der Waals surface area (Å²) in [6.45, 7) is 13.3. The number of hydrogen-bond acceptors (Lipinski definition) is 6. The smallest absolute Gasteiger partial charge is 0.272 e. The largest absolute Gasteiger partial charge is 0.357 e. The third-order valence-corrected chi connectivity index (χ3v) is 7.75. The molecule has 4 rings (SSSR count). The first-order valence-corrected chi connectivity index (χ1v) is 13.9. The maximum absolute atomic E-state index is 13.2. The number of likely N-dealkylation sites (N-methyl/N-ethyl adjacent to an activating group) is 1. The van der Waals surface area contributed by atoms with Crippen molar-refractivity contribution in [2.24, 2.45) is 7.05 Å². The van der Waals surface area contributed by atoms with E-state index in [0.717, 1.165) is 75.5 Å². The minimum Gasteiger partial charge on any atom is -0.357 e. The van der Waals surface area contributed by atoms with Crippen LogP contribution in [0.1, 0.15) is 75.7 Å². The highest BCUT2D eigenvalue weighted by molar-refractivity contribution is 6.04. The van der Waals surface area contributed by atoms with Gasteiger partial charge in [0.25, 0.3) is 5.91 Å². The van der Waals surface area contributed by atoms with Gasteiger partial charge < -0.3 is 20.0 Å². The van der Waals surface area contributed by atoms with Gasteiger partial charge in [-0.1, -0.05) is 33.1 Å². The third kappa shape index (κ3) is 6.73. The van der Waals surface area contributed by atoms with Crippen LogP contribution in [-0.2, 0) is 7.05 Å². The number of rotatable bonds is 10. The molecule has 8 nitrogen and oxygen atoms in total. The predicted octanol–water partition coefficient (Wildman–Crippen LogP) is 3.66. The van der Waals surface area contributed by atoms with Gasteiger partial charge in [-0.3, -0.25) is 4.79 Å². The lowest BCUT2D eigenvalue weighted by Gasteiger charge is -2.33. The van der Waals surface area contributed by atoms with Crippen LogP contribution in [-0.4, -0.2) is 88.9 Å². The Balaban J connectivity index is 1.31. The number of pyridine rings is 1. The molecule has 0 aromatic carbocycles. The van der Waals surface area contributed by atoms with Crippen LogP contribution in [0.5, 0.6) is 0 Å². The number of piperidine rings is 1. The fourth-order valence-electron chi connectivity index (χ4n) is 5.41. The van der Waals surface area contributed by atoms with E-state index < -0.39 is 0 Å². The highest BCUT2D eigenvalue weighted by atomic mass is 16.2. The number of carbonyl (C=O) groups excluding carboxylic acids is 1. The quantitative estimate of drug-likeness (QED) is 0.556. The summed E-state index contributed by atoms with van der Waals surface area (Å²) >= 11 is 0. The van der Waals surface area contributed by atoms with Crippen molar-refractivity contribution in [3.05, 3.63) is 17.8 Å². The van der Waals surface area contributed by atoms with Crippen molar-refractivity contribution in [3.63, 3.8) is 0 Å². The number of fused-ring (bicyclic) bond motifs is 1. The lowest BCUT2D eigenvalue weighted by atomic mass is 10.0. The molecule has 0 bridgehead atoms. The first-order valence-electron chi connectivity index (χ1n) is 13.9. The molecule has 2 aliphatic rings. The number of carbonyl (C=O) groups is 1. The maximum Gasteiger partial charge on any atom is 0.272 e. The predicted molar refractivity (Wildman–Crippen MR) is 143 cm³/mol. The van der Waals surface area contributed by atoms with Crippen LogP contribution >= 0.6 is 0 Å². The van der Waals surface area contributed by atoms with Gasteiger partial charge in [0.1, 0.15) is 5.82 Å². The van der Waals surface area contributed by atoms with Crippen molar-refractivity contribution in [1.82, 2.24) is 29.9 Å². The number of hydrogen-bond donors (Lipinski definition) is 1. The molecule has 1 N–H and O–H groups in total. The SMILES string of the molecule is CCCCN(CC)CCN1CCC(NC(=O)c2nn(C)c3nc(N4CCCCCC4)ccc23)CC1. The van der Waals surface area contributed by atoms with Gasteiger partial charge in [0.15, 0.2) is 11.3 Å². The molecule has 0 unspecified atom stereocenters. The van der Waals surface area contributed by atoms with Crippen molar-refractivity contribution >= 4 is 22.8 Å². The van der Waals surface area contributed by atoms with Crippen LogP contribution in [0.3, 0.4) is 0 Å². The number of anilines is 1. The molecule has 2 aliphatic heterocycles. The highest BCUT2D eigenvalue weighted by Crippen LogP contribution is 2.23. The van der Waals surface area contributed by atoms with Gasteiger partial charge in [-0.05, 0) is 57.3 Å². The molecule has 0 radical (unpaired) electrons. The van der Waals surface area contributed by atoms with E-state index in [9.17, 15) is 4.79 Å². The summed E-state index contributed by atoms with van der Waals surface area (Å²) in [7, 11) is 1.89. The standard InChI is InChI=1S/C27H45N7O/c1-4-6-15-32(5-2)20-21-33-18-13-22(14-19-33)28-27(35)25-23-11-12-24(29-26(23)31(3)30-25)34-16-9-7-8-10-17-34/h11-12,22H,4-10,13-21H2,1-3H3,(H,28,35). The average molecular weight is 484 g/mol. The fourth-order valence-corrected chi connectivity index (χ4v) is 5.41. The van der Waals surface area contributed by atoms with Crippen molar-refractivity contribution in [2.75, 3.05) is 57.3 Å². The molecule has 8 heteroatoms. The van der Waals surface area contributed by atoms with Crippen LogP contribution in [0.15, 0.2) is 12.1 Å². The summed E-state index contributed by atoms with van der Waals surface area (Å²) in [5, 5.41) is 8.67. The summed E-state index contributed by atoms with van der Waals surface area (Å²) in [5.74, 6) is 0.924. The Kier molecular flexibility index (Phi) is 9.38. The van der Waals surface area contributed by atoms with Crippen LogP contribution in [0.25, 0.3) is 11.0 Å². The van der Waals surface area contributed by atoms with E-state index in [-0.39, 0.29) is 11.9 Å². The second kappa shape index (κ2) is 12.7. The number of aryl methyl sites for hydroxylation is 1. The molecule has 2 aromatic heterocycles. The summed E-state index contributed by atoms with van der Waals surface area (Å²) in [5.41, 5.74) is 1.28. The fraction of sp³-hybridized carbons (Fsp3) is 0.741. The molecule has 0 atom stereocenters. The van der Waals surface area contributed by atoms with Gasteiger partial charge in [-0.25, -0.2) is 9.67 Å². The average Bonchev–Trinajstić information content (AvgIpc) is 3.03. The van der Waals surface area contributed by atoms with Gasteiger partial charge in [0.05, 0.1) is 5.39 Å². The van der Waals surface area contributed by atoms with E-state index >= 15 is 0 Å². The molecule has 35 heavy (non-hydrogen) atoms. The molecule has 194 valence electrons. The summed E-state index contributed by atoms with van der Waals surface area (Å²) in [4.78, 5) is 25.5. The molecule has 0 saturated carbocycles. The third-order valence-electron chi connectivity index (χ3n) is 7.75. The normalized spacial score (nSPS) is 18.3. The Bertz CT molecular complexity index is 942. The molecule has 4 heterocycles. The van der Waals surface area contributed by atoms with E-state index in [1.807, 2.05) is 13.1 Å². The van der Waals surface area contributed by atoms with Crippen molar-refractivity contribution in [1.29, 1.82) is 0 Å². The number of nitrogens with zero attached hydrogens (tertiary/aromatic N) is 6. The molecule has 1 amide bonds. The monoisotopic (exact) mass is 483 g/mol. The zero-order chi connectivity index (χ0) is 24.6. The molecular weight excluding hydrogens is 438 g/mol. The summed E-state index contributed by atoms with van der Waals surface area (Å²) in [6, 6.07) is 4.30.